The molecule has 2 amide bonds. The van der Waals surface area contributed by atoms with Crippen LogP contribution in [0.4, 0.5) is 5.69 Å². The van der Waals surface area contributed by atoms with Gasteiger partial charge in [-0.25, -0.2) is 5.43 Å². The first-order chi connectivity index (χ1) is 16.8. The van der Waals surface area contributed by atoms with Crippen molar-refractivity contribution in [2.24, 2.45) is 5.10 Å². The molecule has 2 N–H and O–H groups in total. The zero-order chi connectivity index (χ0) is 25.2. The van der Waals surface area contributed by atoms with Crippen molar-refractivity contribution >= 4 is 23.7 Å². The summed E-state index contributed by atoms with van der Waals surface area (Å²) in [6, 6.07) is 19.4. The SMILES string of the molecule is COc1cc(C=NNC(=O)CCC(=O)Nc2cc(C)ccc2C)ccc1OCc1ccc(C)cc1. The Labute approximate surface area is 206 Å². The smallest absolute Gasteiger partial charge is 0.240 e. The number of rotatable bonds is 10. The third-order valence-electron chi connectivity index (χ3n) is 5.35. The number of hydrogen-bond acceptors (Lipinski definition) is 5. The molecule has 7 nitrogen and oxygen atoms in total. The Kier molecular flexibility index (Phi) is 9.01. The van der Waals surface area contributed by atoms with Crippen molar-refractivity contribution in [1.82, 2.24) is 5.43 Å². The molecule has 0 radical (unpaired) electrons. The Hall–Kier alpha value is -4.13. The molecule has 0 heterocycles. The van der Waals surface area contributed by atoms with Gasteiger partial charge in [0.25, 0.3) is 0 Å². The highest BCUT2D eigenvalue weighted by Gasteiger charge is 2.09. The Morgan fingerprint density at radius 2 is 1.57 bits per heavy atom. The van der Waals surface area contributed by atoms with Crippen LogP contribution in [0.5, 0.6) is 11.5 Å². The highest BCUT2D eigenvalue weighted by atomic mass is 16.5. The quantitative estimate of drug-likeness (QED) is 0.318. The Balaban J connectivity index is 1.47. The summed E-state index contributed by atoms with van der Waals surface area (Å²) in [6.45, 7) is 6.36. The molecule has 0 bridgehead atoms. The molecule has 0 fully saturated rings. The van der Waals surface area contributed by atoms with Crippen molar-refractivity contribution in [2.45, 2.75) is 40.2 Å². The highest BCUT2D eigenvalue weighted by Crippen LogP contribution is 2.28. The van der Waals surface area contributed by atoms with Crippen LogP contribution in [0.15, 0.2) is 65.8 Å². The van der Waals surface area contributed by atoms with Crippen molar-refractivity contribution in [3.63, 3.8) is 0 Å². The third-order valence-corrected chi connectivity index (χ3v) is 5.35. The maximum Gasteiger partial charge on any atom is 0.240 e. The van der Waals surface area contributed by atoms with Crippen molar-refractivity contribution in [1.29, 1.82) is 0 Å². The summed E-state index contributed by atoms with van der Waals surface area (Å²) in [5.41, 5.74) is 8.23. The normalized spacial score (nSPS) is 10.7. The summed E-state index contributed by atoms with van der Waals surface area (Å²) in [5.74, 6) is 0.616. The molecule has 0 spiro atoms. The van der Waals surface area contributed by atoms with Crippen molar-refractivity contribution in [3.8, 4) is 11.5 Å². The lowest BCUT2D eigenvalue weighted by molar-refractivity contribution is -0.124. The van der Waals surface area contributed by atoms with Crippen LogP contribution < -0.4 is 20.2 Å². The van der Waals surface area contributed by atoms with Gasteiger partial charge in [-0.3, -0.25) is 9.59 Å². The number of carbonyl (C=O) groups is 2. The van der Waals surface area contributed by atoms with E-state index in [1.807, 2.05) is 69.3 Å². The fraction of sp³-hybridized carbons (Fsp3) is 0.250. The van der Waals surface area contributed by atoms with E-state index in [4.69, 9.17) is 9.47 Å². The molecule has 0 unspecified atom stereocenters. The predicted molar refractivity (Wildman–Crippen MR) is 138 cm³/mol. The Bertz CT molecular complexity index is 1200. The largest absolute Gasteiger partial charge is 0.493 e. The van der Waals surface area contributed by atoms with E-state index in [9.17, 15) is 9.59 Å². The van der Waals surface area contributed by atoms with Gasteiger partial charge in [0.2, 0.25) is 11.8 Å². The molecule has 35 heavy (non-hydrogen) atoms. The summed E-state index contributed by atoms with van der Waals surface area (Å²) < 4.78 is 11.3. The molecule has 0 saturated carbocycles. The molecular weight excluding hydrogens is 442 g/mol. The summed E-state index contributed by atoms with van der Waals surface area (Å²) in [4.78, 5) is 24.3. The molecule has 0 aliphatic rings. The third kappa shape index (κ3) is 7.99. The summed E-state index contributed by atoms with van der Waals surface area (Å²) in [5, 5.41) is 6.83. The number of anilines is 1. The first-order valence-electron chi connectivity index (χ1n) is 11.4. The van der Waals surface area contributed by atoms with Gasteiger partial charge >= 0.3 is 0 Å². The van der Waals surface area contributed by atoms with E-state index in [1.165, 1.54) is 11.8 Å². The minimum atomic E-state index is -0.345. The van der Waals surface area contributed by atoms with E-state index < -0.39 is 0 Å². The molecule has 0 atom stereocenters. The van der Waals surface area contributed by atoms with E-state index in [0.717, 1.165) is 27.9 Å². The Morgan fingerprint density at radius 1 is 0.857 bits per heavy atom. The van der Waals surface area contributed by atoms with Crippen molar-refractivity contribution < 1.29 is 19.1 Å². The van der Waals surface area contributed by atoms with E-state index in [-0.39, 0.29) is 24.7 Å². The van der Waals surface area contributed by atoms with Crippen LogP contribution >= 0.6 is 0 Å². The van der Waals surface area contributed by atoms with Crippen molar-refractivity contribution in [2.75, 3.05) is 12.4 Å². The number of amides is 2. The monoisotopic (exact) mass is 473 g/mol. The summed E-state index contributed by atoms with van der Waals surface area (Å²) in [6.07, 6.45) is 1.61. The minimum absolute atomic E-state index is 0.0309. The van der Waals surface area contributed by atoms with E-state index >= 15 is 0 Å². The number of benzene rings is 3. The van der Waals surface area contributed by atoms with Gasteiger partial charge in [-0.2, -0.15) is 5.10 Å². The number of nitrogens with one attached hydrogen (secondary N) is 2. The van der Waals surface area contributed by atoms with Gasteiger partial charge in [-0.05, 0) is 67.3 Å². The summed E-state index contributed by atoms with van der Waals surface area (Å²) in [7, 11) is 1.57. The van der Waals surface area contributed by atoms with E-state index in [1.54, 1.807) is 19.2 Å². The molecular formula is C28H31N3O4. The van der Waals surface area contributed by atoms with E-state index in [0.29, 0.717) is 18.1 Å². The zero-order valence-electron chi connectivity index (χ0n) is 20.6. The van der Waals surface area contributed by atoms with Crippen LogP contribution in [0.2, 0.25) is 0 Å². The standard InChI is InChI=1S/C28H31N3O4/c1-19-6-9-22(10-7-19)18-35-25-12-11-23(16-26(25)34-4)17-29-31-28(33)14-13-27(32)30-24-15-20(2)5-8-21(24)3/h5-12,15-17H,13-14,18H2,1-4H3,(H,30,32)(H,31,33). The van der Waals surface area contributed by atoms with Gasteiger partial charge in [0.05, 0.1) is 13.3 Å². The lowest BCUT2D eigenvalue weighted by Gasteiger charge is -2.11. The van der Waals surface area contributed by atoms with Crippen LogP contribution in [0.1, 0.15) is 40.7 Å². The maximum absolute atomic E-state index is 12.2. The predicted octanol–water partition coefficient (Wildman–Crippen LogP) is 5.07. The highest BCUT2D eigenvalue weighted by molar-refractivity contribution is 5.94. The molecule has 0 aromatic heterocycles. The van der Waals surface area contributed by atoms with Crippen LogP contribution in [0.25, 0.3) is 0 Å². The number of nitrogens with zero attached hydrogens (tertiary/aromatic N) is 1. The number of methoxy groups -OCH3 is 1. The second kappa shape index (κ2) is 12.4. The van der Waals surface area contributed by atoms with Gasteiger partial charge in [0, 0.05) is 18.5 Å². The summed E-state index contributed by atoms with van der Waals surface area (Å²) >= 11 is 0. The molecule has 0 saturated heterocycles. The molecule has 7 heteroatoms. The number of hydrazone groups is 1. The van der Waals surface area contributed by atoms with Crippen molar-refractivity contribution in [3.05, 3.63) is 88.5 Å². The first-order valence-corrected chi connectivity index (χ1v) is 11.4. The lowest BCUT2D eigenvalue weighted by Crippen LogP contribution is -2.21. The number of carbonyl (C=O) groups excluding carboxylic acids is 2. The van der Waals surface area contributed by atoms with Gasteiger partial charge < -0.3 is 14.8 Å². The van der Waals surface area contributed by atoms with Crippen LogP contribution in [0.3, 0.4) is 0 Å². The first kappa shape index (κ1) is 25.5. The van der Waals surface area contributed by atoms with Gasteiger partial charge in [-0.1, -0.05) is 42.0 Å². The van der Waals surface area contributed by atoms with Gasteiger partial charge in [0.15, 0.2) is 11.5 Å². The molecule has 3 aromatic carbocycles. The van der Waals surface area contributed by atoms with Gasteiger partial charge in [-0.15, -0.1) is 0 Å². The van der Waals surface area contributed by atoms with Crippen LogP contribution in [-0.2, 0) is 16.2 Å². The Morgan fingerprint density at radius 3 is 2.31 bits per heavy atom. The molecule has 0 aliphatic heterocycles. The molecule has 3 rings (SSSR count). The van der Waals surface area contributed by atoms with Crippen LogP contribution in [0, 0.1) is 20.8 Å². The van der Waals surface area contributed by atoms with Crippen LogP contribution in [-0.4, -0.2) is 25.1 Å². The number of aryl methyl sites for hydroxylation is 3. The van der Waals surface area contributed by atoms with Gasteiger partial charge in [0.1, 0.15) is 6.61 Å². The number of hydrogen-bond donors (Lipinski definition) is 2. The maximum atomic E-state index is 12.2. The average molecular weight is 474 g/mol. The average Bonchev–Trinajstić information content (AvgIpc) is 2.85. The molecule has 182 valence electrons. The second-order valence-corrected chi connectivity index (χ2v) is 8.34. The molecule has 0 aliphatic carbocycles. The topological polar surface area (TPSA) is 89.0 Å². The minimum Gasteiger partial charge on any atom is -0.493 e. The second-order valence-electron chi connectivity index (χ2n) is 8.34. The zero-order valence-corrected chi connectivity index (χ0v) is 20.6. The molecule has 3 aromatic rings. The van der Waals surface area contributed by atoms with E-state index in [2.05, 4.69) is 15.8 Å². The fourth-order valence-electron chi connectivity index (χ4n) is 3.27. The lowest BCUT2D eigenvalue weighted by atomic mass is 10.1. The fourth-order valence-corrected chi connectivity index (χ4v) is 3.27. The number of ether oxygens (including phenoxy) is 2.